The highest BCUT2D eigenvalue weighted by molar-refractivity contribution is 5.85. The highest BCUT2D eigenvalue weighted by Gasteiger charge is 2.28. The third kappa shape index (κ3) is 3.05. The zero-order chi connectivity index (χ0) is 13.8. The van der Waals surface area contributed by atoms with Gasteiger partial charge >= 0.3 is 0 Å². The fourth-order valence-corrected chi connectivity index (χ4v) is 2.24. The Kier molecular flexibility index (Phi) is 4.39. The number of benzene rings is 1. The van der Waals surface area contributed by atoms with Gasteiger partial charge in [-0.1, -0.05) is 12.1 Å². The van der Waals surface area contributed by atoms with Crippen LogP contribution >= 0.6 is 0 Å². The van der Waals surface area contributed by atoms with Crippen molar-refractivity contribution in [2.75, 3.05) is 31.7 Å². The fourth-order valence-electron chi connectivity index (χ4n) is 2.24. The summed E-state index contributed by atoms with van der Waals surface area (Å²) >= 11 is 0. The number of hydrogen-bond donors (Lipinski definition) is 2. The normalized spacial score (nSPS) is 21.0. The molecule has 2 rings (SSSR count). The quantitative estimate of drug-likeness (QED) is 0.843. The Hall–Kier alpha value is -1.59. The van der Waals surface area contributed by atoms with Gasteiger partial charge in [-0.2, -0.15) is 0 Å². The maximum absolute atomic E-state index is 11.9. The molecule has 0 bridgehead atoms. The maximum Gasteiger partial charge on any atom is 0.244 e. The predicted molar refractivity (Wildman–Crippen MR) is 73.1 cm³/mol. The number of aliphatic hydroxyl groups excluding tert-OH is 1. The average molecular weight is 264 g/mol. The fraction of sp³-hybridized carbons (Fsp3) is 0.500. The van der Waals surface area contributed by atoms with Crippen LogP contribution in [0, 0.1) is 0 Å². The number of nitrogens with zero attached hydrogens (tertiary/aromatic N) is 1. The number of rotatable bonds is 3. The summed E-state index contributed by atoms with van der Waals surface area (Å²) in [5.41, 5.74) is 1.84. The number of nitrogens with one attached hydrogen (secondary N) is 1. The van der Waals surface area contributed by atoms with Gasteiger partial charge in [0, 0.05) is 19.3 Å². The van der Waals surface area contributed by atoms with Gasteiger partial charge in [0.25, 0.3) is 0 Å². The largest absolute Gasteiger partial charge is 0.389 e. The summed E-state index contributed by atoms with van der Waals surface area (Å²) < 4.78 is 5.38. The molecule has 1 aliphatic rings. The SMILES string of the molecule is CNC(=O)C1COCCN1c1ccc([C@H](C)O)cc1. The summed E-state index contributed by atoms with van der Waals surface area (Å²) in [7, 11) is 1.63. The third-order valence-electron chi connectivity index (χ3n) is 3.38. The van der Waals surface area contributed by atoms with E-state index < -0.39 is 6.10 Å². The Labute approximate surface area is 113 Å². The van der Waals surface area contributed by atoms with Crippen molar-refractivity contribution in [1.82, 2.24) is 5.32 Å². The van der Waals surface area contributed by atoms with Gasteiger partial charge in [0.15, 0.2) is 0 Å². The van der Waals surface area contributed by atoms with Crippen molar-refractivity contribution < 1.29 is 14.6 Å². The van der Waals surface area contributed by atoms with Crippen LogP contribution in [-0.2, 0) is 9.53 Å². The van der Waals surface area contributed by atoms with Gasteiger partial charge in [0.05, 0.1) is 19.3 Å². The minimum Gasteiger partial charge on any atom is -0.389 e. The van der Waals surface area contributed by atoms with Crippen LogP contribution in [0.2, 0.25) is 0 Å². The summed E-state index contributed by atoms with van der Waals surface area (Å²) in [6.45, 7) is 3.44. The van der Waals surface area contributed by atoms with Crippen molar-refractivity contribution in [3.8, 4) is 0 Å². The lowest BCUT2D eigenvalue weighted by Gasteiger charge is -2.36. The van der Waals surface area contributed by atoms with Crippen molar-refractivity contribution in [3.05, 3.63) is 29.8 Å². The highest BCUT2D eigenvalue weighted by atomic mass is 16.5. The first kappa shape index (κ1) is 13.8. The van der Waals surface area contributed by atoms with Gasteiger partial charge in [-0.05, 0) is 24.6 Å². The molecule has 1 aromatic rings. The van der Waals surface area contributed by atoms with E-state index >= 15 is 0 Å². The molecular formula is C14H20N2O3. The molecule has 1 aliphatic heterocycles. The molecule has 19 heavy (non-hydrogen) atoms. The molecule has 104 valence electrons. The zero-order valence-electron chi connectivity index (χ0n) is 11.3. The lowest BCUT2D eigenvalue weighted by atomic mass is 10.1. The Morgan fingerprint density at radius 1 is 1.47 bits per heavy atom. The number of carbonyl (C=O) groups excluding carboxylic acids is 1. The Bertz CT molecular complexity index is 431. The summed E-state index contributed by atoms with van der Waals surface area (Å²) in [5, 5.41) is 12.2. The molecule has 1 fully saturated rings. The number of amides is 1. The standard InChI is InChI=1S/C14H20N2O3/c1-10(17)11-3-5-12(6-4-11)16-7-8-19-9-13(16)14(18)15-2/h3-6,10,13,17H,7-9H2,1-2H3,(H,15,18)/t10-,13?/m0/s1. The van der Waals surface area contributed by atoms with E-state index in [0.717, 1.165) is 11.3 Å². The number of morpholine rings is 1. The van der Waals surface area contributed by atoms with Crippen LogP contribution in [0.15, 0.2) is 24.3 Å². The van der Waals surface area contributed by atoms with Gasteiger partial charge in [-0.25, -0.2) is 0 Å². The van der Waals surface area contributed by atoms with E-state index in [2.05, 4.69) is 5.32 Å². The Morgan fingerprint density at radius 3 is 2.74 bits per heavy atom. The minimum absolute atomic E-state index is 0.0423. The predicted octanol–water partition coefficient (Wildman–Crippen LogP) is 0.691. The van der Waals surface area contributed by atoms with E-state index in [1.165, 1.54) is 0 Å². The Balaban J connectivity index is 2.19. The van der Waals surface area contributed by atoms with Gasteiger partial charge in [-0.15, -0.1) is 0 Å². The molecule has 1 aromatic carbocycles. The van der Waals surface area contributed by atoms with Crippen molar-refractivity contribution in [2.24, 2.45) is 0 Å². The number of carbonyl (C=O) groups is 1. The van der Waals surface area contributed by atoms with E-state index in [1.807, 2.05) is 29.2 Å². The molecule has 5 heteroatoms. The number of likely N-dealkylation sites (N-methyl/N-ethyl adjacent to an activating group) is 1. The average Bonchev–Trinajstić information content (AvgIpc) is 2.46. The van der Waals surface area contributed by atoms with Crippen LogP contribution in [0.1, 0.15) is 18.6 Å². The maximum atomic E-state index is 11.9. The molecule has 0 spiro atoms. The molecule has 5 nitrogen and oxygen atoms in total. The number of hydrogen-bond acceptors (Lipinski definition) is 4. The second-order valence-electron chi connectivity index (χ2n) is 4.67. The first-order valence-corrected chi connectivity index (χ1v) is 6.47. The van der Waals surface area contributed by atoms with Crippen LogP contribution in [0.25, 0.3) is 0 Å². The van der Waals surface area contributed by atoms with E-state index in [9.17, 15) is 9.90 Å². The van der Waals surface area contributed by atoms with Crippen LogP contribution in [0.5, 0.6) is 0 Å². The second kappa shape index (κ2) is 6.04. The molecule has 1 saturated heterocycles. The van der Waals surface area contributed by atoms with Crippen molar-refractivity contribution >= 4 is 11.6 Å². The van der Waals surface area contributed by atoms with Crippen LogP contribution in [0.4, 0.5) is 5.69 Å². The second-order valence-corrected chi connectivity index (χ2v) is 4.67. The molecule has 2 N–H and O–H groups in total. The first-order chi connectivity index (χ1) is 9.13. The topological polar surface area (TPSA) is 61.8 Å². The molecule has 2 atom stereocenters. The van der Waals surface area contributed by atoms with E-state index in [1.54, 1.807) is 14.0 Å². The first-order valence-electron chi connectivity index (χ1n) is 6.47. The lowest BCUT2D eigenvalue weighted by molar-refractivity contribution is -0.124. The molecule has 0 aromatic heterocycles. The third-order valence-corrected chi connectivity index (χ3v) is 3.38. The summed E-state index contributed by atoms with van der Waals surface area (Å²) in [4.78, 5) is 13.9. The van der Waals surface area contributed by atoms with Gasteiger partial charge in [-0.3, -0.25) is 4.79 Å². The van der Waals surface area contributed by atoms with E-state index in [-0.39, 0.29) is 11.9 Å². The highest BCUT2D eigenvalue weighted by Crippen LogP contribution is 2.22. The van der Waals surface area contributed by atoms with E-state index in [0.29, 0.717) is 19.8 Å². The van der Waals surface area contributed by atoms with Crippen molar-refractivity contribution in [2.45, 2.75) is 19.1 Å². The molecular weight excluding hydrogens is 244 g/mol. The molecule has 1 amide bonds. The number of anilines is 1. The monoisotopic (exact) mass is 264 g/mol. The number of aliphatic hydroxyl groups is 1. The van der Waals surface area contributed by atoms with Crippen molar-refractivity contribution in [3.63, 3.8) is 0 Å². The summed E-state index contributed by atoms with van der Waals surface area (Å²) in [6, 6.07) is 7.34. The van der Waals surface area contributed by atoms with Crippen LogP contribution in [0.3, 0.4) is 0 Å². The van der Waals surface area contributed by atoms with Crippen LogP contribution < -0.4 is 10.2 Å². The van der Waals surface area contributed by atoms with Gasteiger partial charge < -0.3 is 20.1 Å². The summed E-state index contributed by atoms with van der Waals surface area (Å²) in [6.07, 6.45) is -0.478. The van der Waals surface area contributed by atoms with Crippen molar-refractivity contribution in [1.29, 1.82) is 0 Å². The minimum atomic E-state index is -0.478. The molecule has 1 unspecified atom stereocenters. The molecule has 0 aliphatic carbocycles. The molecule has 0 saturated carbocycles. The number of ether oxygens (including phenoxy) is 1. The van der Waals surface area contributed by atoms with E-state index in [4.69, 9.17) is 4.74 Å². The smallest absolute Gasteiger partial charge is 0.244 e. The summed E-state index contributed by atoms with van der Waals surface area (Å²) in [5.74, 6) is -0.0423. The van der Waals surface area contributed by atoms with Crippen LogP contribution in [-0.4, -0.2) is 43.9 Å². The molecule has 0 radical (unpaired) electrons. The molecule has 1 heterocycles. The lowest BCUT2D eigenvalue weighted by Crippen LogP contribution is -2.53. The van der Waals surface area contributed by atoms with Gasteiger partial charge in [0.1, 0.15) is 6.04 Å². The Morgan fingerprint density at radius 2 is 2.16 bits per heavy atom. The van der Waals surface area contributed by atoms with Gasteiger partial charge in [0.2, 0.25) is 5.91 Å². The zero-order valence-corrected chi connectivity index (χ0v) is 11.3.